The zero-order chi connectivity index (χ0) is 16.4. The summed E-state index contributed by atoms with van der Waals surface area (Å²) in [6, 6.07) is 2.22. The summed E-state index contributed by atoms with van der Waals surface area (Å²) in [6.45, 7) is 3.83. The lowest BCUT2D eigenvalue weighted by molar-refractivity contribution is -0.131. The number of amides is 2. The SMILES string of the molecule is CC1COC(=O)N1C1CCN(C(=O)Cc2cncc(Br)c2)CC1. The number of rotatable bonds is 3. The Hall–Kier alpha value is -1.63. The number of carbonyl (C=O) groups excluding carboxylic acids is 2. The van der Waals surface area contributed by atoms with E-state index in [0.717, 1.165) is 22.9 Å². The number of hydrogen-bond acceptors (Lipinski definition) is 4. The van der Waals surface area contributed by atoms with Gasteiger partial charge >= 0.3 is 6.09 Å². The molecular weight excluding hydrogens is 362 g/mol. The molecule has 2 aliphatic rings. The average Bonchev–Trinajstić information content (AvgIpc) is 2.86. The van der Waals surface area contributed by atoms with Gasteiger partial charge < -0.3 is 9.64 Å². The van der Waals surface area contributed by atoms with Crippen LogP contribution in [0.3, 0.4) is 0 Å². The third kappa shape index (κ3) is 3.65. The van der Waals surface area contributed by atoms with Gasteiger partial charge in [-0.1, -0.05) is 0 Å². The molecule has 23 heavy (non-hydrogen) atoms. The predicted molar refractivity (Wildman–Crippen MR) is 87.9 cm³/mol. The highest BCUT2D eigenvalue weighted by Gasteiger charge is 2.37. The average molecular weight is 382 g/mol. The van der Waals surface area contributed by atoms with E-state index in [4.69, 9.17) is 4.74 Å². The number of carbonyl (C=O) groups is 2. The molecule has 6 nitrogen and oxygen atoms in total. The summed E-state index contributed by atoms with van der Waals surface area (Å²) in [7, 11) is 0. The second kappa shape index (κ2) is 6.86. The minimum Gasteiger partial charge on any atom is -0.447 e. The Kier molecular flexibility index (Phi) is 4.84. The van der Waals surface area contributed by atoms with E-state index >= 15 is 0 Å². The number of aromatic nitrogens is 1. The first-order chi connectivity index (χ1) is 11.0. The van der Waals surface area contributed by atoms with Crippen LogP contribution in [0.1, 0.15) is 25.3 Å². The van der Waals surface area contributed by atoms with E-state index in [1.54, 1.807) is 12.4 Å². The van der Waals surface area contributed by atoms with Crippen molar-refractivity contribution in [3.63, 3.8) is 0 Å². The molecule has 2 fully saturated rings. The Morgan fingerprint density at radius 3 is 2.74 bits per heavy atom. The maximum absolute atomic E-state index is 12.4. The number of halogens is 1. The number of pyridine rings is 1. The summed E-state index contributed by atoms with van der Waals surface area (Å²) in [6.07, 6.45) is 5.18. The molecule has 0 N–H and O–H groups in total. The molecule has 0 aromatic carbocycles. The van der Waals surface area contributed by atoms with Crippen LogP contribution in [0.4, 0.5) is 4.79 Å². The molecule has 0 bridgehead atoms. The fourth-order valence-corrected chi connectivity index (χ4v) is 3.68. The van der Waals surface area contributed by atoms with Gasteiger partial charge in [-0.3, -0.25) is 14.7 Å². The molecule has 0 radical (unpaired) electrons. The molecule has 1 atom stereocenters. The predicted octanol–water partition coefficient (Wildman–Crippen LogP) is 2.22. The van der Waals surface area contributed by atoms with Crippen molar-refractivity contribution in [3.8, 4) is 0 Å². The maximum Gasteiger partial charge on any atom is 0.410 e. The summed E-state index contributed by atoms with van der Waals surface area (Å²) in [4.78, 5) is 32.0. The standard InChI is InChI=1S/C16H20BrN3O3/c1-11-10-23-16(22)20(11)14-2-4-19(5-3-14)15(21)7-12-6-13(17)9-18-8-12/h6,8-9,11,14H,2-5,7,10H2,1H3. The van der Waals surface area contributed by atoms with Crippen LogP contribution in [0.15, 0.2) is 22.9 Å². The highest BCUT2D eigenvalue weighted by Crippen LogP contribution is 2.24. The van der Waals surface area contributed by atoms with E-state index in [2.05, 4.69) is 20.9 Å². The third-order valence-electron chi connectivity index (χ3n) is 4.46. The Morgan fingerprint density at radius 2 is 2.13 bits per heavy atom. The smallest absolute Gasteiger partial charge is 0.410 e. The molecule has 0 spiro atoms. The van der Waals surface area contributed by atoms with Gasteiger partial charge in [-0.05, 0) is 47.3 Å². The van der Waals surface area contributed by atoms with Gasteiger partial charge in [0.15, 0.2) is 0 Å². The van der Waals surface area contributed by atoms with E-state index in [1.165, 1.54) is 0 Å². The summed E-state index contributed by atoms with van der Waals surface area (Å²) >= 11 is 3.37. The first-order valence-corrected chi connectivity index (χ1v) is 8.66. The van der Waals surface area contributed by atoms with Gasteiger partial charge in [0.05, 0.1) is 12.5 Å². The molecule has 1 aromatic rings. The second-order valence-corrected chi connectivity index (χ2v) is 7.05. The molecule has 1 unspecified atom stereocenters. The highest BCUT2D eigenvalue weighted by molar-refractivity contribution is 9.10. The largest absolute Gasteiger partial charge is 0.447 e. The minimum absolute atomic E-state index is 0.111. The topological polar surface area (TPSA) is 62.7 Å². The van der Waals surface area contributed by atoms with Gasteiger partial charge in [-0.25, -0.2) is 4.79 Å². The van der Waals surface area contributed by atoms with Crippen LogP contribution in [0, 0.1) is 0 Å². The van der Waals surface area contributed by atoms with Crippen LogP contribution in [-0.2, 0) is 16.0 Å². The van der Waals surface area contributed by atoms with Crippen LogP contribution in [0.25, 0.3) is 0 Å². The number of likely N-dealkylation sites (tertiary alicyclic amines) is 1. The highest BCUT2D eigenvalue weighted by atomic mass is 79.9. The normalized spacial score (nSPS) is 22.3. The number of piperidine rings is 1. The van der Waals surface area contributed by atoms with Gasteiger partial charge in [-0.15, -0.1) is 0 Å². The van der Waals surface area contributed by atoms with Crippen molar-refractivity contribution in [1.82, 2.24) is 14.8 Å². The zero-order valence-electron chi connectivity index (χ0n) is 13.1. The lowest BCUT2D eigenvalue weighted by Gasteiger charge is -2.37. The monoisotopic (exact) mass is 381 g/mol. The summed E-state index contributed by atoms with van der Waals surface area (Å²) in [5, 5.41) is 0. The Labute approximate surface area is 143 Å². The molecule has 124 valence electrons. The minimum atomic E-state index is -0.220. The Bertz CT molecular complexity index is 602. The van der Waals surface area contributed by atoms with Crippen LogP contribution in [0.5, 0.6) is 0 Å². The van der Waals surface area contributed by atoms with Crippen molar-refractivity contribution < 1.29 is 14.3 Å². The lowest BCUT2D eigenvalue weighted by atomic mass is 10.0. The van der Waals surface area contributed by atoms with Crippen molar-refractivity contribution in [2.75, 3.05) is 19.7 Å². The summed E-state index contributed by atoms with van der Waals surface area (Å²) < 4.78 is 5.97. The van der Waals surface area contributed by atoms with Crippen molar-refractivity contribution in [3.05, 3.63) is 28.5 Å². The van der Waals surface area contributed by atoms with Gasteiger partial charge in [0.25, 0.3) is 0 Å². The van der Waals surface area contributed by atoms with Gasteiger partial charge in [0.2, 0.25) is 5.91 Å². The van der Waals surface area contributed by atoms with E-state index in [0.29, 0.717) is 26.1 Å². The van der Waals surface area contributed by atoms with Crippen LogP contribution >= 0.6 is 15.9 Å². The number of cyclic esters (lactones) is 1. The molecule has 3 heterocycles. The van der Waals surface area contributed by atoms with Crippen molar-refractivity contribution in [2.24, 2.45) is 0 Å². The van der Waals surface area contributed by atoms with Crippen molar-refractivity contribution >= 4 is 27.9 Å². The number of ether oxygens (including phenoxy) is 1. The van der Waals surface area contributed by atoms with Crippen LogP contribution in [0.2, 0.25) is 0 Å². The van der Waals surface area contributed by atoms with Gasteiger partial charge in [-0.2, -0.15) is 0 Å². The van der Waals surface area contributed by atoms with E-state index < -0.39 is 0 Å². The maximum atomic E-state index is 12.4. The lowest BCUT2D eigenvalue weighted by Crippen LogP contribution is -2.49. The molecule has 7 heteroatoms. The zero-order valence-corrected chi connectivity index (χ0v) is 14.7. The summed E-state index contributed by atoms with van der Waals surface area (Å²) in [5.41, 5.74) is 0.906. The van der Waals surface area contributed by atoms with Crippen molar-refractivity contribution in [2.45, 2.75) is 38.3 Å². The van der Waals surface area contributed by atoms with Crippen LogP contribution in [-0.4, -0.2) is 58.6 Å². The van der Waals surface area contributed by atoms with Gasteiger partial charge in [0, 0.05) is 36.0 Å². The molecule has 1 aromatic heterocycles. The molecule has 0 aliphatic carbocycles. The molecule has 0 saturated carbocycles. The van der Waals surface area contributed by atoms with E-state index in [1.807, 2.05) is 22.8 Å². The first kappa shape index (κ1) is 16.2. The van der Waals surface area contributed by atoms with Crippen molar-refractivity contribution in [1.29, 1.82) is 0 Å². The number of nitrogens with zero attached hydrogens (tertiary/aromatic N) is 3. The molecule has 2 aliphatic heterocycles. The van der Waals surface area contributed by atoms with E-state index in [-0.39, 0.29) is 24.1 Å². The first-order valence-electron chi connectivity index (χ1n) is 7.87. The Morgan fingerprint density at radius 1 is 1.39 bits per heavy atom. The molecule has 2 amide bonds. The fourth-order valence-electron chi connectivity index (χ4n) is 3.27. The molecule has 3 rings (SSSR count). The van der Waals surface area contributed by atoms with E-state index in [9.17, 15) is 9.59 Å². The Balaban J connectivity index is 1.54. The summed E-state index contributed by atoms with van der Waals surface area (Å²) in [5.74, 6) is 0.111. The molecular formula is C16H20BrN3O3. The number of hydrogen-bond donors (Lipinski definition) is 0. The van der Waals surface area contributed by atoms with Gasteiger partial charge in [0.1, 0.15) is 6.61 Å². The quantitative estimate of drug-likeness (QED) is 0.804. The third-order valence-corrected chi connectivity index (χ3v) is 4.89. The fraction of sp³-hybridized carbons (Fsp3) is 0.562. The van der Waals surface area contributed by atoms with Crippen LogP contribution < -0.4 is 0 Å². The molecule has 2 saturated heterocycles. The second-order valence-electron chi connectivity index (χ2n) is 6.13.